The summed E-state index contributed by atoms with van der Waals surface area (Å²) in [5.41, 5.74) is 8.80. The first-order valence-corrected chi connectivity index (χ1v) is 5.04. The Kier molecular flexibility index (Phi) is 3.01. The number of benzene rings is 1. The van der Waals surface area contributed by atoms with Crippen molar-refractivity contribution in [1.82, 2.24) is 9.97 Å². The zero-order valence-corrected chi connectivity index (χ0v) is 9.37. The van der Waals surface area contributed by atoms with Crippen molar-refractivity contribution in [2.75, 3.05) is 11.5 Å². The standard InChI is InChI=1S/C11H8F4N4/c12-7-3-1-2-5(8(7)11(13,14)15)6-4-18-10(17)19-9(6)16/h1-4H,(H4,16,17,18,19). The van der Waals surface area contributed by atoms with Crippen LogP contribution in [0.5, 0.6) is 0 Å². The second kappa shape index (κ2) is 4.38. The van der Waals surface area contributed by atoms with Crippen molar-refractivity contribution in [3.63, 3.8) is 0 Å². The topological polar surface area (TPSA) is 77.8 Å². The van der Waals surface area contributed by atoms with Gasteiger partial charge in [-0.05, 0) is 6.07 Å². The molecule has 0 aliphatic heterocycles. The molecule has 0 unspecified atom stereocenters. The molecule has 0 saturated carbocycles. The number of alkyl halides is 3. The molecule has 8 heteroatoms. The van der Waals surface area contributed by atoms with Crippen LogP contribution in [-0.4, -0.2) is 9.97 Å². The molecule has 19 heavy (non-hydrogen) atoms. The minimum Gasteiger partial charge on any atom is -0.383 e. The van der Waals surface area contributed by atoms with Gasteiger partial charge in [0.15, 0.2) is 0 Å². The van der Waals surface area contributed by atoms with Gasteiger partial charge >= 0.3 is 6.18 Å². The van der Waals surface area contributed by atoms with E-state index in [2.05, 4.69) is 9.97 Å². The maximum absolute atomic E-state index is 13.4. The van der Waals surface area contributed by atoms with Gasteiger partial charge in [0.2, 0.25) is 5.95 Å². The number of hydrogen-bond acceptors (Lipinski definition) is 4. The number of nitrogens with zero attached hydrogens (tertiary/aromatic N) is 2. The molecule has 4 N–H and O–H groups in total. The van der Waals surface area contributed by atoms with Crippen molar-refractivity contribution in [3.8, 4) is 11.1 Å². The Bertz CT molecular complexity index is 625. The van der Waals surface area contributed by atoms with E-state index in [1.54, 1.807) is 0 Å². The average Bonchev–Trinajstić information content (AvgIpc) is 2.26. The molecule has 0 spiro atoms. The van der Waals surface area contributed by atoms with Crippen molar-refractivity contribution in [2.24, 2.45) is 0 Å². The van der Waals surface area contributed by atoms with Gasteiger partial charge in [0.1, 0.15) is 11.6 Å². The monoisotopic (exact) mass is 272 g/mol. The van der Waals surface area contributed by atoms with E-state index in [1.165, 1.54) is 0 Å². The summed E-state index contributed by atoms with van der Waals surface area (Å²) in [5, 5.41) is 0. The molecule has 4 nitrogen and oxygen atoms in total. The van der Waals surface area contributed by atoms with Crippen LogP contribution in [0.1, 0.15) is 5.56 Å². The molecule has 0 atom stereocenters. The first-order chi connectivity index (χ1) is 8.80. The largest absolute Gasteiger partial charge is 0.419 e. The molecule has 0 aliphatic rings. The SMILES string of the molecule is Nc1ncc(-c2cccc(F)c2C(F)(F)F)c(N)n1. The second-order valence-electron chi connectivity index (χ2n) is 3.69. The van der Waals surface area contributed by atoms with Gasteiger partial charge in [-0.3, -0.25) is 0 Å². The normalized spacial score (nSPS) is 11.6. The molecule has 0 saturated heterocycles. The highest BCUT2D eigenvalue weighted by Crippen LogP contribution is 2.39. The Hall–Kier alpha value is -2.38. The van der Waals surface area contributed by atoms with Crippen molar-refractivity contribution in [2.45, 2.75) is 6.18 Å². The molecular formula is C11H8F4N4. The van der Waals surface area contributed by atoms with Crippen molar-refractivity contribution in [1.29, 1.82) is 0 Å². The molecular weight excluding hydrogens is 264 g/mol. The van der Waals surface area contributed by atoms with Crippen molar-refractivity contribution >= 4 is 11.8 Å². The maximum Gasteiger partial charge on any atom is 0.419 e. The molecule has 2 rings (SSSR count). The summed E-state index contributed by atoms with van der Waals surface area (Å²) in [6, 6.07) is 2.97. The summed E-state index contributed by atoms with van der Waals surface area (Å²) in [6.45, 7) is 0. The van der Waals surface area contributed by atoms with Crippen LogP contribution >= 0.6 is 0 Å². The number of nitrogens with two attached hydrogens (primary N) is 2. The van der Waals surface area contributed by atoms with Crippen LogP contribution in [0.4, 0.5) is 29.3 Å². The van der Waals surface area contributed by atoms with Gasteiger partial charge in [-0.2, -0.15) is 18.2 Å². The van der Waals surface area contributed by atoms with Gasteiger partial charge in [0.25, 0.3) is 0 Å². The van der Waals surface area contributed by atoms with Gasteiger partial charge in [0.05, 0.1) is 5.56 Å². The van der Waals surface area contributed by atoms with E-state index >= 15 is 0 Å². The fourth-order valence-corrected chi connectivity index (χ4v) is 1.65. The predicted octanol–water partition coefficient (Wildman–Crippen LogP) is 2.47. The molecule has 1 aromatic carbocycles. The molecule has 0 amide bonds. The van der Waals surface area contributed by atoms with Gasteiger partial charge in [0, 0.05) is 17.3 Å². The molecule has 1 aromatic heterocycles. The number of hydrogen-bond donors (Lipinski definition) is 2. The summed E-state index contributed by atoms with van der Waals surface area (Å²) in [4.78, 5) is 7.12. The summed E-state index contributed by atoms with van der Waals surface area (Å²) in [7, 11) is 0. The van der Waals surface area contributed by atoms with E-state index in [4.69, 9.17) is 11.5 Å². The van der Waals surface area contributed by atoms with E-state index in [-0.39, 0.29) is 17.3 Å². The summed E-state index contributed by atoms with van der Waals surface area (Å²) in [6.07, 6.45) is -3.82. The van der Waals surface area contributed by atoms with Crippen LogP contribution in [0.15, 0.2) is 24.4 Å². The van der Waals surface area contributed by atoms with E-state index < -0.39 is 23.1 Å². The third-order valence-electron chi connectivity index (χ3n) is 2.42. The minimum atomic E-state index is -4.85. The van der Waals surface area contributed by atoms with Crippen LogP contribution in [-0.2, 0) is 6.18 Å². The van der Waals surface area contributed by atoms with Gasteiger partial charge in [-0.1, -0.05) is 12.1 Å². The molecule has 0 radical (unpaired) electrons. The average molecular weight is 272 g/mol. The molecule has 0 fully saturated rings. The predicted molar refractivity (Wildman–Crippen MR) is 61.3 cm³/mol. The van der Waals surface area contributed by atoms with Crippen LogP contribution in [0.25, 0.3) is 11.1 Å². The zero-order valence-electron chi connectivity index (χ0n) is 9.37. The van der Waals surface area contributed by atoms with Gasteiger partial charge in [-0.15, -0.1) is 0 Å². The fraction of sp³-hybridized carbons (Fsp3) is 0.0909. The number of halogens is 4. The Morgan fingerprint density at radius 2 is 1.74 bits per heavy atom. The highest BCUT2D eigenvalue weighted by molar-refractivity contribution is 5.76. The fourth-order valence-electron chi connectivity index (χ4n) is 1.65. The lowest BCUT2D eigenvalue weighted by atomic mass is 10.0. The van der Waals surface area contributed by atoms with Crippen LogP contribution in [0.2, 0.25) is 0 Å². The smallest absolute Gasteiger partial charge is 0.383 e. The summed E-state index contributed by atoms with van der Waals surface area (Å²) in [5.74, 6) is -1.81. The number of aromatic nitrogens is 2. The lowest BCUT2D eigenvalue weighted by Gasteiger charge is -2.14. The molecule has 0 bridgehead atoms. The molecule has 0 aliphatic carbocycles. The Morgan fingerprint density at radius 3 is 2.32 bits per heavy atom. The highest BCUT2D eigenvalue weighted by atomic mass is 19.4. The van der Waals surface area contributed by atoms with E-state index in [0.29, 0.717) is 0 Å². The second-order valence-corrected chi connectivity index (χ2v) is 3.69. The summed E-state index contributed by atoms with van der Waals surface area (Å²) < 4.78 is 52.0. The number of anilines is 2. The molecule has 100 valence electrons. The van der Waals surface area contributed by atoms with Crippen LogP contribution in [0, 0.1) is 5.82 Å². The van der Waals surface area contributed by atoms with Crippen LogP contribution < -0.4 is 11.5 Å². The Balaban J connectivity index is 2.73. The maximum atomic E-state index is 13.4. The summed E-state index contributed by atoms with van der Waals surface area (Å²) >= 11 is 0. The lowest BCUT2D eigenvalue weighted by molar-refractivity contribution is -0.139. The number of rotatable bonds is 1. The van der Waals surface area contributed by atoms with E-state index in [0.717, 1.165) is 24.4 Å². The Labute approximate surface area is 105 Å². The third kappa shape index (κ3) is 2.42. The van der Waals surface area contributed by atoms with Gasteiger partial charge < -0.3 is 11.5 Å². The van der Waals surface area contributed by atoms with Crippen LogP contribution in [0.3, 0.4) is 0 Å². The van der Waals surface area contributed by atoms with Gasteiger partial charge in [-0.25, -0.2) is 9.37 Å². The zero-order chi connectivity index (χ0) is 14.2. The third-order valence-corrected chi connectivity index (χ3v) is 2.42. The highest BCUT2D eigenvalue weighted by Gasteiger charge is 2.37. The quantitative estimate of drug-likeness (QED) is 0.782. The first kappa shape index (κ1) is 13.1. The molecule has 2 aromatic rings. The lowest BCUT2D eigenvalue weighted by Crippen LogP contribution is -2.11. The first-order valence-electron chi connectivity index (χ1n) is 5.04. The van der Waals surface area contributed by atoms with Crippen molar-refractivity contribution < 1.29 is 17.6 Å². The van der Waals surface area contributed by atoms with Crippen molar-refractivity contribution in [3.05, 3.63) is 35.8 Å². The van der Waals surface area contributed by atoms with E-state index in [9.17, 15) is 17.6 Å². The minimum absolute atomic E-state index is 0.124. The number of nitrogen functional groups attached to an aromatic ring is 2. The molecule has 1 heterocycles. The Morgan fingerprint density at radius 1 is 1.05 bits per heavy atom. The van der Waals surface area contributed by atoms with E-state index in [1.807, 2.05) is 0 Å².